The monoisotopic (exact) mass is 209 g/mol. The quantitative estimate of drug-likeness (QED) is 0.779. The van der Waals surface area contributed by atoms with Crippen molar-refractivity contribution in [2.24, 2.45) is 5.73 Å². The molecular formula is C12H19NS. The van der Waals surface area contributed by atoms with Crippen LogP contribution in [0.4, 0.5) is 0 Å². The summed E-state index contributed by atoms with van der Waals surface area (Å²) in [6, 6.07) is 10.6. The molecule has 0 aliphatic heterocycles. The second-order valence-corrected chi connectivity index (χ2v) is 4.73. The van der Waals surface area contributed by atoms with E-state index < -0.39 is 0 Å². The maximum Gasteiger partial charge on any atom is 0.0187 e. The van der Waals surface area contributed by atoms with E-state index in [1.54, 1.807) is 0 Å². The molecule has 1 unspecified atom stereocenters. The van der Waals surface area contributed by atoms with Crippen LogP contribution < -0.4 is 5.73 Å². The zero-order chi connectivity index (χ0) is 10.2. The largest absolute Gasteiger partial charge is 0.329 e. The van der Waals surface area contributed by atoms with E-state index in [4.69, 9.17) is 5.73 Å². The molecule has 2 heteroatoms. The fraction of sp³-hybridized carbons (Fsp3) is 0.500. The summed E-state index contributed by atoms with van der Waals surface area (Å²) in [5.41, 5.74) is 7.10. The molecule has 1 atom stereocenters. The van der Waals surface area contributed by atoms with E-state index in [0.29, 0.717) is 5.25 Å². The lowest BCUT2D eigenvalue weighted by Crippen LogP contribution is -2.16. The standard InChI is InChI=1S/C12H19NS/c1-2-6-12(9-13)14-10-11-7-4-3-5-8-11/h3-5,7-8,12H,2,6,9-10,13H2,1H3. The first-order chi connectivity index (χ1) is 6.86. The van der Waals surface area contributed by atoms with E-state index in [0.717, 1.165) is 12.3 Å². The van der Waals surface area contributed by atoms with Crippen LogP contribution in [0.5, 0.6) is 0 Å². The van der Waals surface area contributed by atoms with E-state index in [2.05, 4.69) is 37.3 Å². The Bertz CT molecular complexity index is 235. The summed E-state index contributed by atoms with van der Waals surface area (Å²) in [6.07, 6.45) is 2.46. The SMILES string of the molecule is CCCC(CN)SCc1ccccc1. The maximum atomic E-state index is 5.70. The molecule has 1 rings (SSSR count). The van der Waals surface area contributed by atoms with Gasteiger partial charge in [-0.3, -0.25) is 0 Å². The van der Waals surface area contributed by atoms with Crippen LogP contribution in [0.3, 0.4) is 0 Å². The van der Waals surface area contributed by atoms with Crippen molar-refractivity contribution in [1.29, 1.82) is 0 Å². The van der Waals surface area contributed by atoms with Gasteiger partial charge < -0.3 is 5.73 Å². The van der Waals surface area contributed by atoms with Gasteiger partial charge in [-0.1, -0.05) is 43.7 Å². The first kappa shape index (κ1) is 11.6. The normalized spacial score (nSPS) is 12.7. The summed E-state index contributed by atoms with van der Waals surface area (Å²) >= 11 is 1.97. The number of thioether (sulfide) groups is 1. The molecule has 0 amide bonds. The van der Waals surface area contributed by atoms with Crippen molar-refractivity contribution in [3.05, 3.63) is 35.9 Å². The molecule has 14 heavy (non-hydrogen) atoms. The van der Waals surface area contributed by atoms with E-state index >= 15 is 0 Å². The minimum absolute atomic E-state index is 0.625. The fourth-order valence-electron chi connectivity index (χ4n) is 1.38. The molecule has 0 aliphatic carbocycles. The molecule has 0 aliphatic rings. The average Bonchev–Trinajstić information content (AvgIpc) is 2.25. The number of rotatable bonds is 6. The molecule has 0 spiro atoms. The van der Waals surface area contributed by atoms with Gasteiger partial charge in [0.25, 0.3) is 0 Å². The van der Waals surface area contributed by atoms with Gasteiger partial charge in [0, 0.05) is 17.5 Å². The third-order valence-corrected chi connectivity index (χ3v) is 3.60. The number of hydrogen-bond acceptors (Lipinski definition) is 2. The predicted molar refractivity (Wildman–Crippen MR) is 65.5 cm³/mol. The Balaban J connectivity index is 2.32. The minimum Gasteiger partial charge on any atom is -0.329 e. The van der Waals surface area contributed by atoms with Crippen LogP contribution in [-0.4, -0.2) is 11.8 Å². The Kier molecular flexibility index (Phi) is 5.72. The van der Waals surface area contributed by atoms with Crippen molar-refractivity contribution in [2.75, 3.05) is 6.54 Å². The summed E-state index contributed by atoms with van der Waals surface area (Å²) in [4.78, 5) is 0. The second-order valence-electron chi connectivity index (χ2n) is 3.44. The van der Waals surface area contributed by atoms with Gasteiger partial charge in [-0.25, -0.2) is 0 Å². The first-order valence-electron chi connectivity index (χ1n) is 5.22. The molecule has 1 aromatic carbocycles. The van der Waals surface area contributed by atoms with Crippen molar-refractivity contribution >= 4 is 11.8 Å². The number of benzene rings is 1. The van der Waals surface area contributed by atoms with Crippen LogP contribution >= 0.6 is 11.8 Å². The average molecular weight is 209 g/mol. The Morgan fingerprint density at radius 2 is 2.00 bits per heavy atom. The Labute approximate surface area is 91.1 Å². The van der Waals surface area contributed by atoms with Crippen molar-refractivity contribution in [3.63, 3.8) is 0 Å². The Hall–Kier alpha value is -0.470. The predicted octanol–water partition coefficient (Wildman–Crippen LogP) is 3.05. The van der Waals surface area contributed by atoms with Gasteiger partial charge in [0.15, 0.2) is 0 Å². The maximum absolute atomic E-state index is 5.70. The van der Waals surface area contributed by atoms with Crippen molar-refractivity contribution in [2.45, 2.75) is 30.8 Å². The smallest absolute Gasteiger partial charge is 0.0187 e. The highest BCUT2D eigenvalue weighted by Crippen LogP contribution is 2.20. The highest BCUT2D eigenvalue weighted by atomic mass is 32.2. The summed E-state index contributed by atoms with van der Waals surface area (Å²) in [5, 5.41) is 0.625. The van der Waals surface area contributed by atoms with Crippen molar-refractivity contribution in [1.82, 2.24) is 0 Å². The van der Waals surface area contributed by atoms with E-state index in [1.165, 1.54) is 18.4 Å². The van der Waals surface area contributed by atoms with Crippen LogP contribution in [0, 0.1) is 0 Å². The van der Waals surface area contributed by atoms with E-state index in [-0.39, 0.29) is 0 Å². The van der Waals surface area contributed by atoms with Gasteiger partial charge in [0.05, 0.1) is 0 Å². The van der Waals surface area contributed by atoms with Crippen LogP contribution in [-0.2, 0) is 5.75 Å². The second kappa shape index (κ2) is 6.91. The minimum atomic E-state index is 0.625. The Morgan fingerprint density at radius 1 is 1.29 bits per heavy atom. The summed E-state index contributed by atoms with van der Waals surface area (Å²) < 4.78 is 0. The van der Waals surface area contributed by atoms with Crippen LogP contribution in [0.1, 0.15) is 25.3 Å². The number of hydrogen-bond donors (Lipinski definition) is 1. The fourth-order valence-corrected chi connectivity index (χ4v) is 2.54. The van der Waals surface area contributed by atoms with Gasteiger partial charge in [-0.2, -0.15) is 11.8 Å². The van der Waals surface area contributed by atoms with Crippen molar-refractivity contribution in [3.8, 4) is 0 Å². The van der Waals surface area contributed by atoms with Crippen LogP contribution in [0.15, 0.2) is 30.3 Å². The molecule has 0 bridgehead atoms. The van der Waals surface area contributed by atoms with Gasteiger partial charge >= 0.3 is 0 Å². The Morgan fingerprint density at radius 3 is 2.57 bits per heavy atom. The summed E-state index contributed by atoms with van der Waals surface area (Å²) in [5.74, 6) is 1.09. The highest BCUT2D eigenvalue weighted by molar-refractivity contribution is 7.99. The molecule has 78 valence electrons. The molecule has 0 saturated heterocycles. The molecule has 0 fully saturated rings. The summed E-state index contributed by atoms with van der Waals surface area (Å²) in [7, 11) is 0. The zero-order valence-electron chi connectivity index (χ0n) is 8.78. The lowest BCUT2D eigenvalue weighted by Gasteiger charge is -2.12. The molecule has 1 nitrogen and oxygen atoms in total. The topological polar surface area (TPSA) is 26.0 Å². The van der Waals surface area contributed by atoms with E-state index in [9.17, 15) is 0 Å². The zero-order valence-corrected chi connectivity index (χ0v) is 9.59. The molecule has 0 radical (unpaired) electrons. The van der Waals surface area contributed by atoms with Gasteiger partial charge in [0.1, 0.15) is 0 Å². The molecule has 0 aromatic heterocycles. The van der Waals surface area contributed by atoms with E-state index in [1.807, 2.05) is 11.8 Å². The highest BCUT2D eigenvalue weighted by Gasteiger charge is 2.05. The number of nitrogens with two attached hydrogens (primary N) is 1. The molecule has 1 aromatic rings. The van der Waals surface area contributed by atoms with Gasteiger partial charge in [0.2, 0.25) is 0 Å². The molecular weight excluding hydrogens is 190 g/mol. The molecule has 0 saturated carbocycles. The van der Waals surface area contributed by atoms with Gasteiger partial charge in [-0.05, 0) is 12.0 Å². The molecule has 0 heterocycles. The molecule has 2 N–H and O–H groups in total. The lowest BCUT2D eigenvalue weighted by atomic mass is 10.2. The van der Waals surface area contributed by atoms with Crippen LogP contribution in [0.2, 0.25) is 0 Å². The van der Waals surface area contributed by atoms with Crippen molar-refractivity contribution < 1.29 is 0 Å². The third kappa shape index (κ3) is 4.16. The van der Waals surface area contributed by atoms with Crippen LogP contribution in [0.25, 0.3) is 0 Å². The first-order valence-corrected chi connectivity index (χ1v) is 6.27. The summed E-state index contributed by atoms with van der Waals surface area (Å²) in [6.45, 7) is 3.01. The third-order valence-electron chi connectivity index (χ3n) is 2.20. The lowest BCUT2D eigenvalue weighted by molar-refractivity contribution is 0.743. The van der Waals surface area contributed by atoms with Gasteiger partial charge in [-0.15, -0.1) is 0 Å².